The standard InChI is InChI=1S/C8H12N4O2S/c1-8(3-14-2-5(8)9)6(13)11-7-12-10-4-15-7/h4-5H,2-3,9H2,1H3,(H,11,12,13). The van der Waals surface area contributed by atoms with Gasteiger partial charge in [-0.1, -0.05) is 11.3 Å². The van der Waals surface area contributed by atoms with Crippen molar-refractivity contribution < 1.29 is 9.53 Å². The van der Waals surface area contributed by atoms with E-state index in [0.29, 0.717) is 18.3 Å². The topological polar surface area (TPSA) is 90.1 Å². The molecule has 3 N–H and O–H groups in total. The van der Waals surface area contributed by atoms with E-state index in [-0.39, 0.29) is 11.9 Å². The summed E-state index contributed by atoms with van der Waals surface area (Å²) in [4.78, 5) is 11.9. The maximum Gasteiger partial charge on any atom is 0.236 e. The maximum absolute atomic E-state index is 11.9. The smallest absolute Gasteiger partial charge is 0.236 e. The van der Waals surface area contributed by atoms with Crippen molar-refractivity contribution in [1.82, 2.24) is 10.2 Å². The lowest BCUT2D eigenvalue weighted by Crippen LogP contribution is -2.47. The predicted molar refractivity (Wildman–Crippen MR) is 55.4 cm³/mol. The zero-order valence-corrected chi connectivity index (χ0v) is 9.08. The minimum Gasteiger partial charge on any atom is -0.379 e. The molecule has 0 radical (unpaired) electrons. The highest BCUT2D eigenvalue weighted by atomic mass is 32.1. The monoisotopic (exact) mass is 228 g/mol. The summed E-state index contributed by atoms with van der Waals surface area (Å²) in [6, 6.07) is -0.273. The fraction of sp³-hybridized carbons (Fsp3) is 0.625. The van der Waals surface area contributed by atoms with Crippen LogP contribution in [0.15, 0.2) is 5.51 Å². The number of hydrogen-bond donors (Lipinski definition) is 2. The molecule has 7 heteroatoms. The fourth-order valence-corrected chi connectivity index (χ4v) is 1.83. The average molecular weight is 228 g/mol. The molecule has 2 unspecified atom stereocenters. The molecule has 1 aliphatic rings. The molecule has 0 spiro atoms. The van der Waals surface area contributed by atoms with E-state index in [1.807, 2.05) is 0 Å². The summed E-state index contributed by atoms with van der Waals surface area (Å²) in [6.45, 7) is 2.56. The van der Waals surface area contributed by atoms with Crippen LogP contribution in [0.2, 0.25) is 0 Å². The quantitative estimate of drug-likeness (QED) is 0.734. The first-order chi connectivity index (χ1) is 7.13. The molecule has 1 aromatic heterocycles. The second-order valence-corrected chi connectivity index (χ2v) is 4.57. The van der Waals surface area contributed by atoms with Gasteiger partial charge < -0.3 is 10.5 Å². The van der Waals surface area contributed by atoms with Gasteiger partial charge in [-0.25, -0.2) is 0 Å². The van der Waals surface area contributed by atoms with Crippen molar-refractivity contribution in [3.05, 3.63) is 5.51 Å². The van der Waals surface area contributed by atoms with Gasteiger partial charge in [0.25, 0.3) is 0 Å². The van der Waals surface area contributed by atoms with Gasteiger partial charge in [-0.2, -0.15) is 0 Å². The Balaban J connectivity index is 2.07. The van der Waals surface area contributed by atoms with Gasteiger partial charge in [0.15, 0.2) is 0 Å². The van der Waals surface area contributed by atoms with Crippen molar-refractivity contribution in [2.45, 2.75) is 13.0 Å². The van der Waals surface area contributed by atoms with Gasteiger partial charge in [-0.3, -0.25) is 10.1 Å². The highest BCUT2D eigenvalue weighted by molar-refractivity contribution is 7.13. The number of hydrogen-bond acceptors (Lipinski definition) is 6. The Kier molecular flexibility index (Phi) is 2.68. The van der Waals surface area contributed by atoms with Crippen LogP contribution in [-0.2, 0) is 9.53 Å². The third-order valence-corrected chi connectivity index (χ3v) is 3.22. The lowest BCUT2D eigenvalue weighted by molar-refractivity contribution is -0.125. The normalized spacial score (nSPS) is 30.4. The van der Waals surface area contributed by atoms with Crippen LogP contribution in [0.5, 0.6) is 0 Å². The molecule has 1 aliphatic heterocycles. The summed E-state index contributed by atoms with van der Waals surface area (Å²) in [5, 5.41) is 10.5. The Labute approximate surface area is 90.8 Å². The largest absolute Gasteiger partial charge is 0.379 e. The van der Waals surface area contributed by atoms with Crippen molar-refractivity contribution in [3.8, 4) is 0 Å². The maximum atomic E-state index is 11.9. The lowest BCUT2D eigenvalue weighted by atomic mass is 9.85. The van der Waals surface area contributed by atoms with E-state index < -0.39 is 5.41 Å². The van der Waals surface area contributed by atoms with Gasteiger partial charge in [-0.05, 0) is 6.92 Å². The number of carbonyl (C=O) groups excluding carboxylic acids is 1. The summed E-state index contributed by atoms with van der Waals surface area (Å²) < 4.78 is 5.19. The van der Waals surface area contributed by atoms with Gasteiger partial charge >= 0.3 is 0 Å². The Morgan fingerprint density at radius 3 is 3.20 bits per heavy atom. The van der Waals surface area contributed by atoms with Gasteiger partial charge in [-0.15, -0.1) is 10.2 Å². The second-order valence-electron chi connectivity index (χ2n) is 3.74. The molecule has 1 fully saturated rings. The highest BCUT2D eigenvalue weighted by Crippen LogP contribution is 2.28. The van der Waals surface area contributed by atoms with Crippen molar-refractivity contribution >= 4 is 22.4 Å². The molecule has 0 bridgehead atoms. The molecular formula is C8H12N4O2S. The molecule has 6 nitrogen and oxygen atoms in total. The van der Waals surface area contributed by atoms with Crippen LogP contribution in [0.25, 0.3) is 0 Å². The minimum absolute atomic E-state index is 0.163. The molecule has 82 valence electrons. The Hall–Kier alpha value is -1.05. The molecule has 0 saturated carbocycles. The van der Waals surface area contributed by atoms with Crippen LogP contribution in [0.1, 0.15) is 6.92 Å². The van der Waals surface area contributed by atoms with Gasteiger partial charge in [0, 0.05) is 6.04 Å². The van der Waals surface area contributed by atoms with Gasteiger partial charge in [0.1, 0.15) is 5.51 Å². The van der Waals surface area contributed by atoms with Crippen LogP contribution >= 0.6 is 11.3 Å². The summed E-state index contributed by atoms with van der Waals surface area (Å²) >= 11 is 1.27. The molecule has 2 rings (SSSR count). The molecular weight excluding hydrogens is 216 g/mol. The van der Waals surface area contributed by atoms with Crippen LogP contribution in [0.4, 0.5) is 5.13 Å². The number of amides is 1. The van der Waals surface area contributed by atoms with E-state index >= 15 is 0 Å². The predicted octanol–water partition coefficient (Wildman–Crippen LogP) is -0.160. The Morgan fingerprint density at radius 2 is 2.67 bits per heavy atom. The van der Waals surface area contributed by atoms with E-state index in [0.717, 1.165) is 0 Å². The lowest BCUT2D eigenvalue weighted by Gasteiger charge is -2.24. The number of nitrogens with one attached hydrogen (secondary N) is 1. The molecule has 2 heterocycles. The summed E-state index contributed by atoms with van der Waals surface area (Å²) in [5.41, 5.74) is 6.71. The number of ether oxygens (including phenoxy) is 1. The average Bonchev–Trinajstić information content (AvgIpc) is 2.79. The first-order valence-corrected chi connectivity index (χ1v) is 5.42. The van der Waals surface area contributed by atoms with E-state index in [4.69, 9.17) is 10.5 Å². The molecule has 1 aromatic rings. The first kappa shape index (κ1) is 10.5. The van der Waals surface area contributed by atoms with Gasteiger partial charge in [0.05, 0.1) is 18.6 Å². The minimum atomic E-state index is -0.675. The molecule has 15 heavy (non-hydrogen) atoms. The number of carbonyl (C=O) groups is 1. The highest BCUT2D eigenvalue weighted by Gasteiger charge is 2.44. The summed E-state index contributed by atoms with van der Waals surface area (Å²) in [7, 11) is 0. The number of anilines is 1. The van der Waals surface area contributed by atoms with E-state index in [1.54, 1.807) is 12.4 Å². The first-order valence-electron chi connectivity index (χ1n) is 4.54. The fourth-order valence-electron chi connectivity index (χ4n) is 1.39. The summed E-state index contributed by atoms with van der Waals surface area (Å²) in [5.74, 6) is -0.163. The number of nitrogens with zero attached hydrogens (tertiary/aromatic N) is 2. The van der Waals surface area contributed by atoms with E-state index in [9.17, 15) is 4.79 Å². The van der Waals surface area contributed by atoms with Crippen molar-refractivity contribution in [3.63, 3.8) is 0 Å². The SMILES string of the molecule is CC1(C(=O)Nc2nncs2)COCC1N. The molecule has 0 aliphatic carbocycles. The van der Waals surface area contributed by atoms with Crippen molar-refractivity contribution in [2.24, 2.45) is 11.1 Å². The molecule has 1 amide bonds. The number of nitrogens with two attached hydrogens (primary N) is 1. The van der Waals surface area contributed by atoms with E-state index in [1.165, 1.54) is 11.3 Å². The number of rotatable bonds is 2. The molecule has 0 aromatic carbocycles. The van der Waals surface area contributed by atoms with Crippen LogP contribution < -0.4 is 11.1 Å². The molecule has 2 atom stereocenters. The molecule has 1 saturated heterocycles. The van der Waals surface area contributed by atoms with Crippen LogP contribution in [-0.4, -0.2) is 35.4 Å². The zero-order chi connectivity index (χ0) is 10.9. The van der Waals surface area contributed by atoms with Crippen molar-refractivity contribution in [1.29, 1.82) is 0 Å². The Morgan fingerprint density at radius 1 is 1.87 bits per heavy atom. The second kappa shape index (κ2) is 3.84. The van der Waals surface area contributed by atoms with E-state index in [2.05, 4.69) is 15.5 Å². The third kappa shape index (κ3) is 1.85. The van der Waals surface area contributed by atoms with Crippen molar-refractivity contribution in [2.75, 3.05) is 18.5 Å². The van der Waals surface area contributed by atoms with Crippen LogP contribution in [0.3, 0.4) is 0 Å². The Bertz CT molecular complexity index is 356. The zero-order valence-electron chi connectivity index (χ0n) is 8.27. The number of aromatic nitrogens is 2. The third-order valence-electron chi connectivity index (χ3n) is 2.62. The van der Waals surface area contributed by atoms with Crippen LogP contribution in [0, 0.1) is 5.41 Å². The summed E-state index contributed by atoms with van der Waals surface area (Å²) in [6.07, 6.45) is 0. The van der Waals surface area contributed by atoms with Gasteiger partial charge in [0.2, 0.25) is 11.0 Å².